The van der Waals surface area contributed by atoms with Crippen LogP contribution in [0.25, 0.3) is 11.3 Å². The van der Waals surface area contributed by atoms with E-state index in [1.165, 1.54) is 0 Å². The molecule has 0 aliphatic carbocycles. The summed E-state index contributed by atoms with van der Waals surface area (Å²) in [5, 5.41) is 12.5. The summed E-state index contributed by atoms with van der Waals surface area (Å²) in [6, 6.07) is 19.6. The minimum absolute atomic E-state index is 0.531. The zero-order valence-corrected chi connectivity index (χ0v) is 11.9. The molecule has 0 saturated carbocycles. The molecule has 22 heavy (non-hydrogen) atoms. The Morgan fingerprint density at radius 2 is 1.86 bits per heavy atom. The Morgan fingerprint density at radius 3 is 2.59 bits per heavy atom. The maximum absolute atomic E-state index is 9.23. The third kappa shape index (κ3) is 3.10. The van der Waals surface area contributed by atoms with E-state index in [0.29, 0.717) is 17.9 Å². The highest BCUT2D eigenvalue weighted by Gasteiger charge is 2.07. The minimum atomic E-state index is 0.531. The number of nitrogens with one attached hydrogen (secondary N) is 1. The predicted molar refractivity (Wildman–Crippen MR) is 86.0 cm³/mol. The number of benzene rings is 1. The normalized spacial score (nSPS) is 9.95. The van der Waals surface area contributed by atoms with Crippen LogP contribution in [0.15, 0.2) is 67.0 Å². The lowest BCUT2D eigenvalue weighted by Crippen LogP contribution is -2.04. The first-order valence-electron chi connectivity index (χ1n) is 6.96. The fraction of sp³-hybridized carbons (Fsp3) is 0.0556. The number of anilines is 1. The molecule has 2 aromatic heterocycles. The van der Waals surface area contributed by atoms with E-state index in [9.17, 15) is 5.26 Å². The highest BCUT2D eigenvalue weighted by molar-refractivity contribution is 5.64. The van der Waals surface area contributed by atoms with E-state index in [2.05, 4.69) is 21.4 Å². The molecule has 0 spiro atoms. The summed E-state index contributed by atoms with van der Waals surface area (Å²) in [5.41, 5.74) is 3.44. The van der Waals surface area contributed by atoms with Crippen LogP contribution in [0.5, 0.6) is 0 Å². The van der Waals surface area contributed by atoms with Crippen LogP contribution in [-0.2, 0) is 6.54 Å². The number of rotatable bonds is 4. The number of hydrogen-bond acceptors (Lipinski definition) is 4. The van der Waals surface area contributed by atoms with Gasteiger partial charge in [-0.1, -0.05) is 36.4 Å². The van der Waals surface area contributed by atoms with Gasteiger partial charge in [0.15, 0.2) is 0 Å². The Morgan fingerprint density at radius 1 is 1.00 bits per heavy atom. The van der Waals surface area contributed by atoms with Gasteiger partial charge in [0.05, 0.1) is 11.3 Å². The summed E-state index contributed by atoms with van der Waals surface area (Å²) in [6.45, 7) is 0.577. The standard InChI is InChI=1S/C18H14N4/c19-11-16-8-9-17(15-6-2-1-3-7-15)22-18(16)21-13-14-5-4-10-20-12-14/h1-10,12H,13H2,(H,21,22). The fourth-order valence-corrected chi connectivity index (χ4v) is 2.14. The number of nitriles is 1. The summed E-state index contributed by atoms with van der Waals surface area (Å²) in [6.07, 6.45) is 3.53. The molecule has 106 valence electrons. The second-order valence-corrected chi connectivity index (χ2v) is 4.79. The van der Waals surface area contributed by atoms with Gasteiger partial charge in [-0.2, -0.15) is 5.26 Å². The molecule has 4 nitrogen and oxygen atoms in total. The summed E-state index contributed by atoms with van der Waals surface area (Å²) < 4.78 is 0. The summed E-state index contributed by atoms with van der Waals surface area (Å²) in [4.78, 5) is 8.65. The van der Waals surface area contributed by atoms with Crippen molar-refractivity contribution in [3.8, 4) is 17.3 Å². The van der Waals surface area contributed by atoms with Crippen LogP contribution in [0.1, 0.15) is 11.1 Å². The van der Waals surface area contributed by atoms with Crippen LogP contribution >= 0.6 is 0 Å². The van der Waals surface area contributed by atoms with Crippen molar-refractivity contribution in [3.05, 3.63) is 78.1 Å². The number of hydrogen-bond donors (Lipinski definition) is 1. The summed E-state index contributed by atoms with van der Waals surface area (Å²) in [7, 11) is 0. The first-order valence-corrected chi connectivity index (χ1v) is 6.96. The second-order valence-electron chi connectivity index (χ2n) is 4.79. The SMILES string of the molecule is N#Cc1ccc(-c2ccccc2)nc1NCc1cccnc1. The molecule has 1 N–H and O–H groups in total. The molecular formula is C18H14N4. The molecule has 0 unspecified atom stereocenters. The van der Waals surface area contributed by atoms with Gasteiger partial charge in [-0.05, 0) is 23.8 Å². The quantitative estimate of drug-likeness (QED) is 0.795. The minimum Gasteiger partial charge on any atom is -0.365 e. The van der Waals surface area contributed by atoms with Crippen molar-refractivity contribution in [3.63, 3.8) is 0 Å². The Kier molecular flexibility index (Phi) is 4.08. The summed E-state index contributed by atoms with van der Waals surface area (Å²) >= 11 is 0. The van der Waals surface area contributed by atoms with Crippen molar-refractivity contribution in [2.45, 2.75) is 6.54 Å². The molecule has 0 aliphatic heterocycles. The molecule has 0 saturated heterocycles. The van der Waals surface area contributed by atoms with E-state index in [1.807, 2.05) is 48.5 Å². The van der Waals surface area contributed by atoms with Crippen LogP contribution in [0.2, 0.25) is 0 Å². The van der Waals surface area contributed by atoms with E-state index in [4.69, 9.17) is 0 Å². The van der Waals surface area contributed by atoms with Gasteiger partial charge in [-0.15, -0.1) is 0 Å². The van der Waals surface area contributed by atoms with Crippen molar-refractivity contribution in [2.75, 3.05) is 5.32 Å². The van der Waals surface area contributed by atoms with Crippen molar-refractivity contribution >= 4 is 5.82 Å². The van der Waals surface area contributed by atoms with Gasteiger partial charge in [-0.3, -0.25) is 4.98 Å². The van der Waals surface area contributed by atoms with Crippen LogP contribution in [0.4, 0.5) is 5.82 Å². The van der Waals surface area contributed by atoms with Gasteiger partial charge in [0.25, 0.3) is 0 Å². The monoisotopic (exact) mass is 286 g/mol. The third-order valence-corrected chi connectivity index (χ3v) is 3.27. The van der Waals surface area contributed by atoms with E-state index >= 15 is 0 Å². The van der Waals surface area contributed by atoms with Gasteiger partial charge in [-0.25, -0.2) is 4.98 Å². The zero-order chi connectivity index (χ0) is 15.2. The Labute approximate surface area is 129 Å². The smallest absolute Gasteiger partial charge is 0.144 e. The van der Waals surface area contributed by atoms with Crippen LogP contribution in [0, 0.1) is 11.3 Å². The lowest BCUT2D eigenvalue weighted by molar-refractivity contribution is 1.08. The van der Waals surface area contributed by atoms with Gasteiger partial charge in [0.1, 0.15) is 11.9 Å². The zero-order valence-electron chi connectivity index (χ0n) is 11.9. The third-order valence-electron chi connectivity index (χ3n) is 3.27. The number of pyridine rings is 2. The van der Waals surface area contributed by atoms with E-state index in [0.717, 1.165) is 16.8 Å². The van der Waals surface area contributed by atoms with E-state index in [-0.39, 0.29) is 0 Å². The molecule has 4 heteroatoms. The molecule has 3 aromatic rings. The molecule has 2 heterocycles. The van der Waals surface area contributed by atoms with Crippen LogP contribution in [0.3, 0.4) is 0 Å². The molecule has 0 atom stereocenters. The van der Waals surface area contributed by atoms with Gasteiger partial charge in [0.2, 0.25) is 0 Å². The number of nitrogens with zero attached hydrogens (tertiary/aromatic N) is 3. The van der Waals surface area contributed by atoms with Crippen molar-refractivity contribution in [2.24, 2.45) is 0 Å². The largest absolute Gasteiger partial charge is 0.365 e. The Balaban J connectivity index is 1.87. The maximum atomic E-state index is 9.23. The second kappa shape index (κ2) is 6.51. The molecule has 0 amide bonds. The summed E-state index contributed by atoms with van der Waals surface area (Å²) in [5.74, 6) is 0.590. The molecule has 0 radical (unpaired) electrons. The van der Waals surface area contributed by atoms with Crippen LogP contribution in [-0.4, -0.2) is 9.97 Å². The van der Waals surface area contributed by atoms with Crippen molar-refractivity contribution < 1.29 is 0 Å². The Bertz CT molecular complexity index is 792. The highest BCUT2D eigenvalue weighted by Crippen LogP contribution is 2.21. The molecule has 0 fully saturated rings. The molecule has 1 aromatic carbocycles. The Hall–Kier alpha value is -3.19. The van der Waals surface area contributed by atoms with Crippen molar-refractivity contribution in [1.29, 1.82) is 5.26 Å². The maximum Gasteiger partial charge on any atom is 0.144 e. The molecular weight excluding hydrogens is 272 g/mol. The molecule has 3 rings (SSSR count). The first-order chi connectivity index (χ1) is 10.9. The van der Waals surface area contributed by atoms with Gasteiger partial charge in [0, 0.05) is 24.5 Å². The topological polar surface area (TPSA) is 61.6 Å². The fourth-order valence-electron chi connectivity index (χ4n) is 2.14. The molecule has 0 bridgehead atoms. The van der Waals surface area contributed by atoms with Crippen molar-refractivity contribution in [1.82, 2.24) is 9.97 Å². The average molecular weight is 286 g/mol. The van der Waals surface area contributed by atoms with Gasteiger partial charge < -0.3 is 5.32 Å². The first kappa shape index (κ1) is 13.8. The highest BCUT2D eigenvalue weighted by atomic mass is 15.0. The van der Waals surface area contributed by atoms with E-state index < -0.39 is 0 Å². The van der Waals surface area contributed by atoms with E-state index in [1.54, 1.807) is 18.5 Å². The molecule has 0 aliphatic rings. The van der Waals surface area contributed by atoms with Crippen LogP contribution < -0.4 is 5.32 Å². The lowest BCUT2D eigenvalue weighted by Gasteiger charge is -2.09. The number of aromatic nitrogens is 2. The van der Waals surface area contributed by atoms with Gasteiger partial charge >= 0.3 is 0 Å². The predicted octanol–water partition coefficient (Wildman–Crippen LogP) is 3.63. The lowest BCUT2D eigenvalue weighted by atomic mass is 10.1. The average Bonchev–Trinajstić information content (AvgIpc) is 2.61.